The molecule has 2 aromatic rings. The summed E-state index contributed by atoms with van der Waals surface area (Å²) in [6.45, 7) is 2.74. The van der Waals surface area contributed by atoms with Crippen LogP contribution in [0.3, 0.4) is 0 Å². The Labute approximate surface area is 153 Å². The van der Waals surface area contributed by atoms with E-state index in [9.17, 15) is 9.59 Å². The first kappa shape index (κ1) is 16.8. The number of carbonyl (C=O) groups excluding carboxylic acids is 1. The minimum Gasteiger partial charge on any atom is -0.367 e. The Balaban J connectivity index is 1.43. The number of nitrogens with zero attached hydrogens (tertiary/aromatic N) is 4. The first-order valence-electron chi connectivity index (χ1n) is 9.31. The van der Waals surface area contributed by atoms with Crippen LogP contribution in [0.4, 0.5) is 5.69 Å². The average molecular weight is 352 g/mol. The van der Waals surface area contributed by atoms with Crippen molar-refractivity contribution in [3.05, 3.63) is 57.5 Å². The third kappa shape index (κ3) is 3.23. The summed E-state index contributed by atoms with van der Waals surface area (Å²) in [5.74, 6) is 0.111. The zero-order valence-corrected chi connectivity index (χ0v) is 15.1. The number of rotatable bonds is 2. The molecule has 0 spiro atoms. The van der Waals surface area contributed by atoms with Crippen molar-refractivity contribution in [1.82, 2.24) is 14.7 Å². The minimum absolute atomic E-state index is 0.111. The molecule has 4 rings (SSSR count). The highest BCUT2D eigenvalue weighted by atomic mass is 16.2. The molecule has 1 fully saturated rings. The fourth-order valence-corrected chi connectivity index (χ4v) is 3.85. The Morgan fingerprint density at radius 1 is 1.00 bits per heavy atom. The van der Waals surface area contributed by atoms with E-state index in [1.54, 1.807) is 19.3 Å². The molecule has 0 unspecified atom stereocenters. The molecule has 1 amide bonds. The maximum atomic E-state index is 12.9. The smallest absolute Gasteiger partial charge is 0.268 e. The zero-order chi connectivity index (χ0) is 18.1. The first-order valence-corrected chi connectivity index (χ1v) is 9.31. The van der Waals surface area contributed by atoms with Gasteiger partial charge in [0.25, 0.3) is 11.5 Å². The maximum absolute atomic E-state index is 12.9. The van der Waals surface area contributed by atoms with Gasteiger partial charge in [-0.2, -0.15) is 5.10 Å². The van der Waals surface area contributed by atoms with Gasteiger partial charge in [0.15, 0.2) is 0 Å². The van der Waals surface area contributed by atoms with E-state index in [0.29, 0.717) is 26.2 Å². The largest absolute Gasteiger partial charge is 0.367 e. The second-order valence-corrected chi connectivity index (χ2v) is 7.15. The molecule has 1 aromatic carbocycles. The number of benzene rings is 1. The van der Waals surface area contributed by atoms with E-state index in [0.717, 1.165) is 24.1 Å². The van der Waals surface area contributed by atoms with Crippen LogP contribution in [-0.2, 0) is 19.9 Å². The molecule has 0 bridgehead atoms. The SMILES string of the molecule is Cn1ncc(N2CCN(C(=O)c3ccc4c(c3)CCCC4)CC2)cc1=O. The Morgan fingerprint density at radius 2 is 1.73 bits per heavy atom. The number of hydrogen-bond donors (Lipinski definition) is 0. The second kappa shape index (κ2) is 6.94. The van der Waals surface area contributed by atoms with E-state index >= 15 is 0 Å². The van der Waals surface area contributed by atoms with Gasteiger partial charge in [0.05, 0.1) is 11.9 Å². The number of piperazine rings is 1. The molecule has 136 valence electrons. The fourth-order valence-electron chi connectivity index (χ4n) is 3.85. The van der Waals surface area contributed by atoms with Crippen LogP contribution in [-0.4, -0.2) is 46.8 Å². The lowest BCUT2D eigenvalue weighted by Crippen LogP contribution is -2.49. The van der Waals surface area contributed by atoms with Crippen molar-refractivity contribution >= 4 is 11.6 Å². The number of carbonyl (C=O) groups is 1. The van der Waals surface area contributed by atoms with Crippen molar-refractivity contribution in [2.75, 3.05) is 31.1 Å². The molecule has 0 N–H and O–H groups in total. The van der Waals surface area contributed by atoms with Crippen LogP contribution in [0.2, 0.25) is 0 Å². The quantitative estimate of drug-likeness (QED) is 0.824. The first-order chi connectivity index (χ1) is 12.6. The topological polar surface area (TPSA) is 58.4 Å². The van der Waals surface area contributed by atoms with Crippen molar-refractivity contribution in [1.29, 1.82) is 0 Å². The van der Waals surface area contributed by atoms with Crippen molar-refractivity contribution < 1.29 is 4.79 Å². The van der Waals surface area contributed by atoms with Crippen molar-refractivity contribution in [2.24, 2.45) is 7.05 Å². The van der Waals surface area contributed by atoms with Crippen LogP contribution in [0, 0.1) is 0 Å². The normalized spacial score (nSPS) is 17.1. The fraction of sp³-hybridized carbons (Fsp3) is 0.450. The van der Waals surface area contributed by atoms with Crippen molar-refractivity contribution in [2.45, 2.75) is 25.7 Å². The summed E-state index contributed by atoms with van der Waals surface area (Å²) < 4.78 is 1.32. The van der Waals surface area contributed by atoms with E-state index in [-0.39, 0.29) is 11.5 Å². The molecule has 0 saturated carbocycles. The van der Waals surface area contributed by atoms with Gasteiger partial charge < -0.3 is 9.80 Å². The number of aromatic nitrogens is 2. The Bertz CT molecular complexity index is 882. The summed E-state index contributed by atoms with van der Waals surface area (Å²) in [5.41, 5.74) is 4.25. The van der Waals surface area contributed by atoms with Gasteiger partial charge in [-0.1, -0.05) is 6.07 Å². The molecule has 2 aliphatic rings. The standard InChI is InChI=1S/C20H24N4O2/c1-22-19(25)13-18(14-21-22)23-8-10-24(11-9-23)20(26)17-7-6-15-4-2-3-5-16(15)12-17/h6-7,12-14H,2-5,8-11H2,1H3. The lowest BCUT2D eigenvalue weighted by Gasteiger charge is -2.36. The molecule has 1 aromatic heterocycles. The molecule has 1 saturated heterocycles. The molecule has 26 heavy (non-hydrogen) atoms. The van der Waals surface area contributed by atoms with Crippen LogP contribution in [0.15, 0.2) is 35.3 Å². The van der Waals surface area contributed by atoms with Gasteiger partial charge in [-0.25, -0.2) is 4.68 Å². The molecule has 1 aliphatic carbocycles. The third-order valence-electron chi connectivity index (χ3n) is 5.48. The zero-order valence-electron chi connectivity index (χ0n) is 15.1. The van der Waals surface area contributed by atoms with Crippen LogP contribution >= 0.6 is 0 Å². The van der Waals surface area contributed by atoms with Gasteiger partial charge in [-0.15, -0.1) is 0 Å². The molecule has 2 heterocycles. The van der Waals surface area contributed by atoms with Crippen molar-refractivity contribution in [3.63, 3.8) is 0 Å². The predicted molar refractivity (Wildman–Crippen MR) is 101 cm³/mol. The van der Waals surface area contributed by atoms with Gasteiger partial charge in [0, 0.05) is 44.9 Å². The minimum atomic E-state index is -0.116. The lowest BCUT2D eigenvalue weighted by molar-refractivity contribution is 0.0746. The highest BCUT2D eigenvalue weighted by molar-refractivity contribution is 5.94. The number of hydrogen-bond acceptors (Lipinski definition) is 4. The van der Waals surface area contributed by atoms with Gasteiger partial charge in [0.2, 0.25) is 0 Å². The molecule has 6 nitrogen and oxygen atoms in total. The highest BCUT2D eigenvalue weighted by Crippen LogP contribution is 2.23. The van der Waals surface area contributed by atoms with Gasteiger partial charge >= 0.3 is 0 Å². The van der Waals surface area contributed by atoms with Gasteiger partial charge in [0.1, 0.15) is 0 Å². The second-order valence-electron chi connectivity index (χ2n) is 7.15. The predicted octanol–water partition coefficient (Wildman–Crippen LogP) is 1.62. The summed E-state index contributed by atoms with van der Waals surface area (Å²) in [7, 11) is 1.64. The molecule has 1 aliphatic heterocycles. The van der Waals surface area contributed by atoms with Gasteiger partial charge in [-0.05, 0) is 48.9 Å². The molecular weight excluding hydrogens is 328 g/mol. The highest BCUT2D eigenvalue weighted by Gasteiger charge is 2.23. The summed E-state index contributed by atoms with van der Waals surface area (Å²) in [4.78, 5) is 28.7. The summed E-state index contributed by atoms with van der Waals surface area (Å²) in [5, 5.41) is 4.08. The Kier molecular flexibility index (Phi) is 4.49. The van der Waals surface area contributed by atoms with E-state index in [1.807, 2.05) is 11.0 Å². The van der Waals surface area contributed by atoms with E-state index < -0.39 is 0 Å². The Morgan fingerprint density at radius 3 is 2.46 bits per heavy atom. The number of aryl methyl sites for hydroxylation is 3. The number of amides is 1. The van der Waals surface area contributed by atoms with E-state index in [1.165, 1.54) is 28.7 Å². The molecular formula is C20H24N4O2. The summed E-state index contributed by atoms with van der Waals surface area (Å²) >= 11 is 0. The van der Waals surface area contributed by atoms with E-state index in [4.69, 9.17) is 0 Å². The number of anilines is 1. The average Bonchev–Trinajstić information content (AvgIpc) is 2.69. The number of fused-ring (bicyclic) bond motifs is 1. The Hall–Kier alpha value is -2.63. The lowest BCUT2D eigenvalue weighted by atomic mass is 9.90. The monoisotopic (exact) mass is 352 g/mol. The van der Waals surface area contributed by atoms with Crippen molar-refractivity contribution in [3.8, 4) is 0 Å². The van der Waals surface area contributed by atoms with E-state index in [2.05, 4.69) is 22.1 Å². The van der Waals surface area contributed by atoms with Gasteiger partial charge in [-0.3, -0.25) is 9.59 Å². The molecule has 0 atom stereocenters. The summed E-state index contributed by atoms with van der Waals surface area (Å²) in [6.07, 6.45) is 6.39. The molecule has 0 radical (unpaired) electrons. The van der Waals surface area contributed by atoms with Crippen LogP contribution < -0.4 is 10.5 Å². The molecule has 6 heteroatoms. The third-order valence-corrected chi connectivity index (χ3v) is 5.48. The van der Waals surface area contributed by atoms with Crippen LogP contribution in [0.5, 0.6) is 0 Å². The maximum Gasteiger partial charge on any atom is 0.268 e. The summed E-state index contributed by atoms with van der Waals surface area (Å²) in [6, 6.07) is 7.80. The van der Waals surface area contributed by atoms with Crippen LogP contribution in [0.25, 0.3) is 0 Å². The van der Waals surface area contributed by atoms with Crippen LogP contribution in [0.1, 0.15) is 34.3 Å².